The highest BCUT2D eigenvalue weighted by Crippen LogP contribution is 2.33. The molecule has 0 saturated heterocycles. The molecule has 0 aromatic heterocycles. The van der Waals surface area contributed by atoms with Crippen LogP contribution in [0.15, 0.2) is 29.3 Å². The van der Waals surface area contributed by atoms with Gasteiger partial charge in [-0.15, -0.1) is 0 Å². The van der Waals surface area contributed by atoms with Gasteiger partial charge < -0.3 is 14.5 Å². The van der Waals surface area contributed by atoms with E-state index in [1.165, 1.54) is 11.0 Å². The van der Waals surface area contributed by atoms with Gasteiger partial charge in [0.2, 0.25) is 11.8 Å². The molecule has 2 amide bonds. The molecule has 2 rings (SSSR count). The number of methoxy groups -OCH3 is 1. The predicted octanol–water partition coefficient (Wildman–Crippen LogP) is 1.99. The maximum atomic E-state index is 12.4. The Morgan fingerprint density at radius 1 is 1.45 bits per heavy atom. The Balaban J connectivity index is 2.13. The lowest BCUT2D eigenvalue weighted by Crippen LogP contribution is -2.43. The molecule has 5 nitrogen and oxygen atoms in total. The third kappa shape index (κ3) is 3.32. The number of halogens is 1. The first-order valence-corrected chi connectivity index (χ1v) is 7.76. The number of likely N-dealkylation sites (N-methyl/N-ethyl adjacent to an activating group) is 1. The van der Waals surface area contributed by atoms with E-state index in [0.29, 0.717) is 13.1 Å². The molecule has 1 aromatic carbocycles. The molecule has 0 bridgehead atoms. The molecular weight excluding hydrogens is 348 g/mol. The van der Waals surface area contributed by atoms with Crippen LogP contribution >= 0.6 is 15.9 Å². The van der Waals surface area contributed by atoms with Crippen LogP contribution in [0.4, 0.5) is 0 Å². The maximum absolute atomic E-state index is 12.4. The first kappa shape index (κ1) is 16.5. The molecule has 6 heteroatoms. The van der Waals surface area contributed by atoms with Crippen molar-refractivity contribution in [3.05, 3.63) is 40.4 Å². The van der Waals surface area contributed by atoms with Crippen LogP contribution in [0.1, 0.15) is 11.1 Å². The second-order valence-corrected chi connectivity index (χ2v) is 6.02. The minimum absolute atomic E-state index is 0.0573. The maximum Gasteiger partial charge on any atom is 0.246 e. The summed E-state index contributed by atoms with van der Waals surface area (Å²) in [6, 6.07) is 3.86. The first-order valence-electron chi connectivity index (χ1n) is 6.97. The summed E-state index contributed by atoms with van der Waals surface area (Å²) >= 11 is 3.54. The second-order valence-electron chi connectivity index (χ2n) is 5.17. The van der Waals surface area contributed by atoms with Crippen LogP contribution in [0.3, 0.4) is 0 Å². The Hall–Kier alpha value is -1.82. The molecule has 0 aliphatic carbocycles. The van der Waals surface area contributed by atoms with E-state index < -0.39 is 0 Å². The average Bonchev–Trinajstić information content (AvgIpc) is 2.54. The Bertz CT molecular complexity index is 616. The smallest absolute Gasteiger partial charge is 0.246 e. The van der Waals surface area contributed by atoms with Crippen molar-refractivity contribution >= 4 is 27.7 Å². The molecule has 118 valence electrons. The molecule has 0 spiro atoms. The second kappa shape index (κ2) is 6.96. The fraction of sp³-hybridized carbons (Fsp3) is 0.375. The van der Waals surface area contributed by atoms with Crippen LogP contribution in [-0.2, 0) is 22.6 Å². The van der Waals surface area contributed by atoms with Gasteiger partial charge in [0.25, 0.3) is 0 Å². The zero-order valence-electron chi connectivity index (χ0n) is 12.8. The molecule has 0 fully saturated rings. The van der Waals surface area contributed by atoms with Gasteiger partial charge in [0.1, 0.15) is 5.75 Å². The summed E-state index contributed by atoms with van der Waals surface area (Å²) in [7, 11) is 3.25. The van der Waals surface area contributed by atoms with E-state index in [9.17, 15) is 9.59 Å². The minimum atomic E-state index is -0.256. The van der Waals surface area contributed by atoms with Crippen LogP contribution < -0.4 is 4.74 Å². The number of carbonyl (C=O) groups is 2. The number of carbonyl (C=O) groups excluding carboxylic acids is 2. The van der Waals surface area contributed by atoms with E-state index in [1.54, 1.807) is 19.1 Å². The average molecular weight is 367 g/mol. The number of hydrogen-bond donors (Lipinski definition) is 0. The topological polar surface area (TPSA) is 49.9 Å². The minimum Gasteiger partial charge on any atom is -0.496 e. The van der Waals surface area contributed by atoms with E-state index in [1.807, 2.05) is 12.1 Å². The van der Waals surface area contributed by atoms with Crippen molar-refractivity contribution in [3.8, 4) is 5.75 Å². The Kier molecular flexibility index (Phi) is 5.24. The van der Waals surface area contributed by atoms with Gasteiger partial charge in [0.15, 0.2) is 0 Å². The summed E-state index contributed by atoms with van der Waals surface area (Å²) in [4.78, 5) is 27.0. The summed E-state index contributed by atoms with van der Waals surface area (Å²) in [6.45, 7) is 4.62. The quantitative estimate of drug-likeness (QED) is 0.765. The highest BCUT2D eigenvalue weighted by atomic mass is 79.9. The van der Waals surface area contributed by atoms with Gasteiger partial charge in [-0.3, -0.25) is 9.59 Å². The molecule has 0 atom stereocenters. The Morgan fingerprint density at radius 3 is 2.82 bits per heavy atom. The van der Waals surface area contributed by atoms with Crippen LogP contribution in [0.25, 0.3) is 0 Å². The zero-order valence-corrected chi connectivity index (χ0v) is 14.4. The molecule has 0 N–H and O–H groups in total. The van der Waals surface area contributed by atoms with Gasteiger partial charge in [-0.05, 0) is 30.2 Å². The largest absolute Gasteiger partial charge is 0.496 e. The zero-order chi connectivity index (χ0) is 16.3. The highest BCUT2D eigenvalue weighted by Gasteiger charge is 2.25. The number of benzene rings is 1. The Labute approximate surface area is 138 Å². The molecule has 0 radical (unpaired) electrons. The normalized spacial score (nSPS) is 13.3. The van der Waals surface area contributed by atoms with E-state index in [-0.39, 0.29) is 18.4 Å². The van der Waals surface area contributed by atoms with Crippen molar-refractivity contribution in [2.45, 2.75) is 13.0 Å². The monoisotopic (exact) mass is 366 g/mol. The lowest BCUT2D eigenvalue weighted by molar-refractivity contribution is -0.137. The lowest BCUT2D eigenvalue weighted by atomic mass is 9.98. The van der Waals surface area contributed by atoms with E-state index >= 15 is 0 Å². The van der Waals surface area contributed by atoms with Crippen molar-refractivity contribution in [2.24, 2.45) is 0 Å². The van der Waals surface area contributed by atoms with Crippen LogP contribution in [0, 0.1) is 0 Å². The first-order chi connectivity index (χ1) is 10.5. The third-order valence-corrected chi connectivity index (χ3v) is 4.55. The van der Waals surface area contributed by atoms with E-state index in [4.69, 9.17) is 4.74 Å². The van der Waals surface area contributed by atoms with Gasteiger partial charge in [0.05, 0.1) is 13.7 Å². The van der Waals surface area contributed by atoms with Crippen LogP contribution in [-0.4, -0.2) is 48.9 Å². The SMILES string of the molecule is C=CC(=O)N(C)CC(=O)N1CCc2c(OC)ccc(Br)c2C1. The number of amides is 2. The molecular formula is C16H19BrN2O3. The summed E-state index contributed by atoms with van der Waals surface area (Å²) in [5.41, 5.74) is 2.20. The molecule has 1 aliphatic heterocycles. The summed E-state index contributed by atoms with van der Waals surface area (Å²) < 4.78 is 6.35. The number of nitrogens with zero attached hydrogens (tertiary/aromatic N) is 2. The molecule has 1 aliphatic rings. The van der Waals surface area contributed by atoms with Gasteiger partial charge in [-0.2, -0.15) is 0 Å². The number of hydrogen-bond acceptors (Lipinski definition) is 3. The van der Waals surface area contributed by atoms with E-state index in [0.717, 1.165) is 27.8 Å². The van der Waals surface area contributed by atoms with E-state index in [2.05, 4.69) is 22.5 Å². The van der Waals surface area contributed by atoms with Crippen molar-refractivity contribution in [1.29, 1.82) is 0 Å². The molecule has 0 saturated carbocycles. The molecule has 1 heterocycles. The highest BCUT2D eigenvalue weighted by molar-refractivity contribution is 9.10. The number of rotatable bonds is 4. The predicted molar refractivity (Wildman–Crippen MR) is 87.6 cm³/mol. The van der Waals surface area contributed by atoms with Gasteiger partial charge in [-0.1, -0.05) is 22.5 Å². The molecule has 0 unspecified atom stereocenters. The van der Waals surface area contributed by atoms with Crippen molar-refractivity contribution in [1.82, 2.24) is 9.80 Å². The summed E-state index contributed by atoms with van der Waals surface area (Å²) in [5, 5.41) is 0. The number of ether oxygens (including phenoxy) is 1. The van der Waals surface area contributed by atoms with Crippen molar-refractivity contribution in [2.75, 3.05) is 27.2 Å². The summed E-state index contributed by atoms with van der Waals surface area (Å²) in [6.07, 6.45) is 1.95. The lowest BCUT2D eigenvalue weighted by Gasteiger charge is -2.31. The Morgan fingerprint density at radius 2 is 2.18 bits per heavy atom. The van der Waals surface area contributed by atoms with Crippen LogP contribution in [0.2, 0.25) is 0 Å². The summed E-state index contributed by atoms with van der Waals surface area (Å²) in [5.74, 6) is 0.524. The standard InChI is InChI=1S/C16H19BrN2O3/c1-4-15(20)18(2)10-16(21)19-8-7-11-12(9-19)13(17)5-6-14(11)22-3/h4-6H,1,7-10H2,2-3H3. The van der Waals surface area contributed by atoms with Gasteiger partial charge in [0, 0.05) is 30.2 Å². The van der Waals surface area contributed by atoms with Gasteiger partial charge in [-0.25, -0.2) is 0 Å². The molecule has 22 heavy (non-hydrogen) atoms. The number of fused-ring (bicyclic) bond motifs is 1. The fourth-order valence-corrected chi connectivity index (χ4v) is 3.04. The van der Waals surface area contributed by atoms with Crippen molar-refractivity contribution < 1.29 is 14.3 Å². The molecule has 1 aromatic rings. The fourth-order valence-electron chi connectivity index (χ4n) is 2.55. The van der Waals surface area contributed by atoms with Gasteiger partial charge >= 0.3 is 0 Å². The third-order valence-electron chi connectivity index (χ3n) is 3.81. The van der Waals surface area contributed by atoms with Crippen LogP contribution in [0.5, 0.6) is 5.75 Å². The van der Waals surface area contributed by atoms with Crippen molar-refractivity contribution in [3.63, 3.8) is 0 Å².